The standard InChI is InChI=1S/C21H22N4OS2/c1-13-8-4-6-10-17(13)22-20-23-24-21(28-20)27-15(3)19(26)25-14(2)12-16-9-5-7-11-18(16)25/h4-11,14-15H,12H2,1-3H3,(H,22,23)/t14-,15-/m1/s1. The maximum atomic E-state index is 13.1. The number of carbonyl (C=O) groups excluding carboxylic acids is 1. The second-order valence-corrected chi connectivity index (χ2v) is 9.53. The van der Waals surface area contributed by atoms with Crippen molar-refractivity contribution in [2.45, 2.75) is 42.8 Å². The van der Waals surface area contributed by atoms with Gasteiger partial charge in [0.05, 0.1) is 5.25 Å². The van der Waals surface area contributed by atoms with Gasteiger partial charge in [0.15, 0.2) is 4.34 Å². The van der Waals surface area contributed by atoms with Crippen LogP contribution in [0.5, 0.6) is 0 Å². The fourth-order valence-electron chi connectivity index (χ4n) is 3.44. The van der Waals surface area contributed by atoms with Gasteiger partial charge in [0.1, 0.15) is 0 Å². The molecule has 0 unspecified atom stereocenters. The fraction of sp³-hybridized carbons (Fsp3) is 0.286. The summed E-state index contributed by atoms with van der Waals surface area (Å²) in [6.45, 7) is 6.09. The van der Waals surface area contributed by atoms with E-state index in [1.54, 1.807) is 0 Å². The van der Waals surface area contributed by atoms with Gasteiger partial charge >= 0.3 is 0 Å². The number of amides is 1. The van der Waals surface area contributed by atoms with Crippen LogP contribution in [0.1, 0.15) is 25.0 Å². The molecule has 5 nitrogen and oxygen atoms in total. The van der Waals surface area contributed by atoms with Crippen LogP contribution < -0.4 is 10.2 Å². The van der Waals surface area contributed by atoms with Crippen LogP contribution in [0, 0.1) is 6.92 Å². The normalized spacial score (nSPS) is 16.7. The molecule has 4 rings (SSSR count). The van der Waals surface area contributed by atoms with E-state index in [1.807, 2.05) is 48.2 Å². The van der Waals surface area contributed by atoms with E-state index in [1.165, 1.54) is 28.7 Å². The van der Waals surface area contributed by atoms with E-state index >= 15 is 0 Å². The van der Waals surface area contributed by atoms with E-state index in [2.05, 4.69) is 41.5 Å². The van der Waals surface area contributed by atoms with Crippen LogP contribution in [0.4, 0.5) is 16.5 Å². The predicted octanol–water partition coefficient (Wildman–Crippen LogP) is 5.05. The highest BCUT2D eigenvalue weighted by atomic mass is 32.2. The first-order chi connectivity index (χ1) is 13.5. The van der Waals surface area contributed by atoms with Crippen LogP contribution in [0.15, 0.2) is 52.9 Å². The van der Waals surface area contributed by atoms with E-state index < -0.39 is 0 Å². The Morgan fingerprint density at radius 3 is 2.79 bits per heavy atom. The Balaban J connectivity index is 1.44. The maximum absolute atomic E-state index is 13.1. The SMILES string of the molecule is Cc1ccccc1Nc1nnc(S[C@H](C)C(=O)N2c3ccccc3C[C@H]2C)s1. The molecule has 1 aromatic heterocycles. The fourth-order valence-corrected chi connectivity index (χ4v) is 5.39. The van der Waals surface area contributed by atoms with Crippen molar-refractivity contribution in [3.8, 4) is 0 Å². The van der Waals surface area contributed by atoms with Crippen molar-refractivity contribution in [2.24, 2.45) is 0 Å². The molecule has 144 valence electrons. The number of nitrogens with zero attached hydrogens (tertiary/aromatic N) is 3. The van der Waals surface area contributed by atoms with Crippen LogP contribution in [0.3, 0.4) is 0 Å². The van der Waals surface area contributed by atoms with Gasteiger partial charge in [-0.3, -0.25) is 4.79 Å². The zero-order valence-corrected chi connectivity index (χ0v) is 17.7. The van der Waals surface area contributed by atoms with Crippen molar-refractivity contribution in [1.29, 1.82) is 0 Å². The summed E-state index contributed by atoms with van der Waals surface area (Å²) in [6, 6.07) is 16.4. The predicted molar refractivity (Wildman–Crippen MR) is 117 cm³/mol. The van der Waals surface area contributed by atoms with Crippen molar-refractivity contribution >= 4 is 45.5 Å². The summed E-state index contributed by atoms with van der Waals surface area (Å²) < 4.78 is 0.789. The molecule has 3 aromatic rings. The average Bonchev–Trinajstić information content (AvgIpc) is 3.26. The second kappa shape index (κ2) is 7.93. The monoisotopic (exact) mass is 410 g/mol. The number of para-hydroxylation sites is 2. The van der Waals surface area contributed by atoms with Gasteiger partial charge in [-0.05, 0) is 50.5 Å². The first-order valence-electron chi connectivity index (χ1n) is 9.26. The third-order valence-corrected chi connectivity index (χ3v) is 6.87. The number of carbonyl (C=O) groups is 1. The van der Waals surface area contributed by atoms with Crippen molar-refractivity contribution in [3.05, 3.63) is 59.7 Å². The molecular formula is C21H22N4OS2. The third kappa shape index (κ3) is 3.77. The Hall–Kier alpha value is -2.38. The lowest BCUT2D eigenvalue weighted by molar-refractivity contribution is -0.118. The van der Waals surface area contributed by atoms with Crippen LogP contribution >= 0.6 is 23.1 Å². The van der Waals surface area contributed by atoms with E-state index in [4.69, 9.17) is 0 Å². The summed E-state index contributed by atoms with van der Waals surface area (Å²) in [5.74, 6) is 0.117. The molecule has 28 heavy (non-hydrogen) atoms. The number of aromatic nitrogens is 2. The highest BCUT2D eigenvalue weighted by Gasteiger charge is 2.33. The van der Waals surface area contributed by atoms with Gasteiger partial charge in [-0.15, -0.1) is 10.2 Å². The molecule has 0 aliphatic carbocycles. The molecule has 0 saturated heterocycles. The summed E-state index contributed by atoms with van der Waals surface area (Å²) in [6.07, 6.45) is 0.905. The van der Waals surface area contributed by atoms with Crippen LogP contribution in [-0.4, -0.2) is 27.4 Å². The Morgan fingerprint density at radius 2 is 1.96 bits per heavy atom. The molecule has 0 spiro atoms. The quantitative estimate of drug-likeness (QED) is 0.597. The van der Waals surface area contributed by atoms with E-state index in [0.717, 1.165) is 32.8 Å². The molecule has 1 amide bonds. The van der Waals surface area contributed by atoms with Crippen molar-refractivity contribution < 1.29 is 4.79 Å². The highest BCUT2D eigenvalue weighted by Crippen LogP contribution is 2.36. The molecule has 1 N–H and O–H groups in total. The van der Waals surface area contributed by atoms with Gasteiger partial charge in [0.25, 0.3) is 0 Å². The lowest BCUT2D eigenvalue weighted by Gasteiger charge is -2.25. The Bertz CT molecular complexity index is 1000. The topological polar surface area (TPSA) is 58.1 Å². The van der Waals surface area contributed by atoms with Crippen LogP contribution in [0.25, 0.3) is 0 Å². The van der Waals surface area contributed by atoms with Crippen molar-refractivity contribution in [2.75, 3.05) is 10.2 Å². The zero-order chi connectivity index (χ0) is 19.7. The number of aryl methyl sites for hydroxylation is 1. The first-order valence-corrected chi connectivity index (χ1v) is 11.0. The Labute approximate surface area is 173 Å². The van der Waals surface area contributed by atoms with Crippen LogP contribution in [-0.2, 0) is 11.2 Å². The number of thioether (sulfide) groups is 1. The van der Waals surface area contributed by atoms with E-state index in [9.17, 15) is 4.79 Å². The number of hydrogen-bond donors (Lipinski definition) is 1. The summed E-state index contributed by atoms with van der Waals surface area (Å²) in [5.41, 5.74) is 4.44. The van der Waals surface area contributed by atoms with Crippen molar-refractivity contribution in [3.63, 3.8) is 0 Å². The van der Waals surface area contributed by atoms with E-state index in [0.29, 0.717) is 0 Å². The third-order valence-electron chi connectivity index (χ3n) is 4.86. The van der Waals surface area contributed by atoms with Gasteiger partial charge < -0.3 is 10.2 Å². The zero-order valence-electron chi connectivity index (χ0n) is 16.0. The van der Waals surface area contributed by atoms with Gasteiger partial charge in [-0.1, -0.05) is 59.5 Å². The summed E-state index contributed by atoms with van der Waals surface area (Å²) in [7, 11) is 0. The van der Waals surface area contributed by atoms with Gasteiger partial charge in [-0.2, -0.15) is 0 Å². The average molecular weight is 411 g/mol. The molecule has 1 aliphatic rings. The largest absolute Gasteiger partial charge is 0.330 e. The molecule has 0 fully saturated rings. The van der Waals surface area contributed by atoms with E-state index in [-0.39, 0.29) is 17.2 Å². The van der Waals surface area contributed by atoms with Gasteiger partial charge in [-0.25, -0.2) is 0 Å². The smallest absolute Gasteiger partial charge is 0.240 e. The van der Waals surface area contributed by atoms with Crippen molar-refractivity contribution in [1.82, 2.24) is 10.2 Å². The maximum Gasteiger partial charge on any atom is 0.240 e. The van der Waals surface area contributed by atoms with Crippen LogP contribution in [0.2, 0.25) is 0 Å². The summed E-state index contributed by atoms with van der Waals surface area (Å²) in [4.78, 5) is 15.0. The molecule has 2 aromatic carbocycles. The molecule has 1 aliphatic heterocycles. The van der Waals surface area contributed by atoms with Gasteiger partial charge in [0, 0.05) is 17.4 Å². The summed E-state index contributed by atoms with van der Waals surface area (Å²) >= 11 is 2.93. The molecular weight excluding hydrogens is 388 g/mol. The summed E-state index contributed by atoms with van der Waals surface area (Å²) in [5, 5.41) is 12.3. The highest BCUT2D eigenvalue weighted by molar-refractivity contribution is 8.02. The molecule has 7 heteroatoms. The lowest BCUT2D eigenvalue weighted by Crippen LogP contribution is -2.40. The lowest BCUT2D eigenvalue weighted by atomic mass is 10.1. The number of anilines is 3. The number of nitrogens with one attached hydrogen (secondary N) is 1. The minimum Gasteiger partial charge on any atom is -0.330 e. The first kappa shape index (κ1) is 19.0. The second-order valence-electron chi connectivity index (χ2n) is 6.96. The number of benzene rings is 2. The number of hydrogen-bond acceptors (Lipinski definition) is 6. The number of rotatable bonds is 5. The molecule has 0 bridgehead atoms. The molecule has 2 atom stereocenters. The molecule has 0 saturated carbocycles. The van der Waals surface area contributed by atoms with Gasteiger partial charge in [0.2, 0.25) is 11.0 Å². The molecule has 0 radical (unpaired) electrons. The minimum atomic E-state index is -0.229. The Kier molecular flexibility index (Phi) is 5.37. The number of fused-ring (bicyclic) bond motifs is 1. The molecule has 2 heterocycles. The Morgan fingerprint density at radius 1 is 1.21 bits per heavy atom. The minimum absolute atomic E-state index is 0.117.